The quantitative estimate of drug-likeness (QED) is 0.574. The fourth-order valence-corrected chi connectivity index (χ4v) is 2.34. The number of rotatable bonds is 0. The number of hydrogen-bond acceptors (Lipinski definition) is 2. The predicted molar refractivity (Wildman–Crippen MR) is 47.0 cm³/mol. The summed E-state index contributed by atoms with van der Waals surface area (Å²) in [4.78, 5) is 0. The molecule has 0 aromatic heterocycles. The van der Waals surface area contributed by atoms with Gasteiger partial charge in [0.05, 0.1) is 6.10 Å². The van der Waals surface area contributed by atoms with Gasteiger partial charge in [0.25, 0.3) is 0 Å². The summed E-state index contributed by atoms with van der Waals surface area (Å²) in [5.74, 6) is 1.41. The number of piperidine rings is 1. The Labute approximate surface area is 73.8 Å². The Bertz CT molecular complexity index is 129. The van der Waals surface area contributed by atoms with E-state index in [4.69, 9.17) is 0 Å². The fourth-order valence-electron chi connectivity index (χ4n) is 2.34. The maximum absolute atomic E-state index is 9.48. The normalized spacial score (nSPS) is 42.8. The maximum Gasteiger partial charge on any atom is 0.0583 e. The topological polar surface area (TPSA) is 32.3 Å². The van der Waals surface area contributed by atoms with E-state index in [1.807, 2.05) is 0 Å². The molecular formula is C8H16ClNO. The van der Waals surface area contributed by atoms with Gasteiger partial charge in [-0.25, -0.2) is 0 Å². The molecular weight excluding hydrogens is 162 g/mol. The zero-order valence-electron chi connectivity index (χ0n) is 6.62. The van der Waals surface area contributed by atoms with Crippen molar-refractivity contribution in [1.82, 2.24) is 5.32 Å². The lowest BCUT2D eigenvalue weighted by molar-refractivity contribution is 0.104. The molecule has 2 aliphatic rings. The van der Waals surface area contributed by atoms with Crippen LogP contribution in [0.2, 0.25) is 0 Å². The summed E-state index contributed by atoms with van der Waals surface area (Å²) >= 11 is 0. The minimum Gasteiger partial charge on any atom is -0.393 e. The van der Waals surface area contributed by atoms with Gasteiger partial charge in [-0.3, -0.25) is 0 Å². The van der Waals surface area contributed by atoms with Crippen molar-refractivity contribution in [3.8, 4) is 0 Å². The zero-order chi connectivity index (χ0) is 6.97. The molecule has 1 saturated carbocycles. The molecule has 2 fully saturated rings. The molecule has 0 radical (unpaired) electrons. The van der Waals surface area contributed by atoms with Crippen molar-refractivity contribution in [2.75, 3.05) is 13.1 Å². The van der Waals surface area contributed by atoms with Gasteiger partial charge in [-0.2, -0.15) is 0 Å². The summed E-state index contributed by atoms with van der Waals surface area (Å²) in [5, 5.41) is 12.8. The van der Waals surface area contributed by atoms with Gasteiger partial charge in [0.2, 0.25) is 0 Å². The number of nitrogens with one attached hydrogen (secondary N) is 1. The third-order valence-electron chi connectivity index (χ3n) is 3.00. The van der Waals surface area contributed by atoms with Crippen LogP contribution < -0.4 is 5.32 Å². The second-order valence-corrected chi connectivity index (χ2v) is 3.56. The Balaban J connectivity index is 0.000000605. The van der Waals surface area contributed by atoms with Crippen LogP contribution in [0.1, 0.15) is 19.3 Å². The Morgan fingerprint density at radius 3 is 2.73 bits per heavy atom. The third kappa shape index (κ3) is 1.68. The van der Waals surface area contributed by atoms with Gasteiger partial charge in [-0.15, -0.1) is 12.4 Å². The molecule has 0 unspecified atom stereocenters. The van der Waals surface area contributed by atoms with E-state index in [0.717, 1.165) is 25.4 Å². The molecule has 3 atom stereocenters. The van der Waals surface area contributed by atoms with Gasteiger partial charge < -0.3 is 10.4 Å². The second-order valence-electron chi connectivity index (χ2n) is 3.56. The number of halogens is 1. The SMILES string of the molecule is Cl.O[C@@H]1CC[C@@H]2CCNC[C@@H]21. The van der Waals surface area contributed by atoms with E-state index in [2.05, 4.69) is 5.32 Å². The fraction of sp³-hybridized carbons (Fsp3) is 1.00. The lowest BCUT2D eigenvalue weighted by Crippen LogP contribution is -2.38. The lowest BCUT2D eigenvalue weighted by Gasteiger charge is -2.27. The maximum atomic E-state index is 9.48. The Morgan fingerprint density at radius 2 is 2.00 bits per heavy atom. The molecule has 1 aliphatic heterocycles. The highest BCUT2D eigenvalue weighted by Gasteiger charge is 2.35. The predicted octanol–water partition coefficient (Wildman–Crippen LogP) is 0.789. The summed E-state index contributed by atoms with van der Waals surface area (Å²) in [5.41, 5.74) is 0. The summed E-state index contributed by atoms with van der Waals surface area (Å²) < 4.78 is 0. The van der Waals surface area contributed by atoms with Crippen molar-refractivity contribution < 1.29 is 5.11 Å². The molecule has 0 bridgehead atoms. The van der Waals surface area contributed by atoms with Gasteiger partial charge in [0, 0.05) is 12.5 Å². The molecule has 0 aromatic carbocycles. The highest BCUT2D eigenvalue weighted by molar-refractivity contribution is 5.85. The van der Waals surface area contributed by atoms with Crippen molar-refractivity contribution in [3.63, 3.8) is 0 Å². The molecule has 11 heavy (non-hydrogen) atoms. The molecule has 2 N–H and O–H groups in total. The first-order valence-corrected chi connectivity index (χ1v) is 4.26. The highest BCUT2D eigenvalue weighted by atomic mass is 35.5. The first-order valence-electron chi connectivity index (χ1n) is 4.26. The Hall–Kier alpha value is 0.210. The highest BCUT2D eigenvalue weighted by Crippen LogP contribution is 2.35. The molecule has 2 rings (SSSR count). The monoisotopic (exact) mass is 177 g/mol. The van der Waals surface area contributed by atoms with E-state index in [-0.39, 0.29) is 18.5 Å². The summed E-state index contributed by atoms with van der Waals surface area (Å²) in [7, 11) is 0. The average molecular weight is 178 g/mol. The van der Waals surface area contributed by atoms with Crippen molar-refractivity contribution in [2.24, 2.45) is 11.8 Å². The molecule has 1 aliphatic carbocycles. The van der Waals surface area contributed by atoms with Crippen molar-refractivity contribution in [1.29, 1.82) is 0 Å². The van der Waals surface area contributed by atoms with Crippen LogP contribution in [0.5, 0.6) is 0 Å². The molecule has 0 spiro atoms. The van der Waals surface area contributed by atoms with Gasteiger partial charge in [-0.1, -0.05) is 0 Å². The summed E-state index contributed by atoms with van der Waals surface area (Å²) in [6, 6.07) is 0. The van der Waals surface area contributed by atoms with Crippen LogP contribution in [-0.4, -0.2) is 24.3 Å². The smallest absolute Gasteiger partial charge is 0.0583 e. The van der Waals surface area contributed by atoms with Crippen molar-refractivity contribution in [3.05, 3.63) is 0 Å². The molecule has 0 amide bonds. The molecule has 0 aromatic rings. The van der Waals surface area contributed by atoms with Gasteiger partial charge in [-0.05, 0) is 31.7 Å². The molecule has 66 valence electrons. The Kier molecular flexibility index (Phi) is 3.16. The van der Waals surface area contributed by atoms with Crippen LogP contribution in [0.15, 0.2) is 0 Å². The van der Waals surface area contributed by atoms with Gasteiger partial charge in [0.15, 0.2) is 0 Å². The van der Waals surface area contributed by atoms with E-state index >= 15 is 0 Å². The van der Waals surface area contributed by atoms with Gasteiger partial charge >= 0.3 is 0 Å². The molecule has 2 nitrogen and oxygen atoms in total. The summed E-state index contributed by atoms with van der Waals surface area (Å²) in [6.07, 6.45) is 3.57. The molecule has 3 heteroatoms. The number of aliphatic hydroxyl groups is 1. The minimum absolute atomic E-state index is 0. The second kappa shape index (κ2) is 3.74. The Morgan fingerprint density at radius 1 is 1.18 bits per heavy atom. The molecule has 1 heterocycles. The third-order valence-corrected chi connectivity index (χ3v) is 3.00. The van der Waals surface area contributed by atoms with Crippen LogP contribution in [0, 0.1) is 11.8 Å². The van der Waals surface area contributed by atoms with E-state index in [0.29, 0.717) is 5.92 Å². The minimum atomic E-state index is -0.00204. The van der Waals surface area contributed by atoms with Crippen LogP contribution in [0.4, 0.5) is 0 Å². The first kappa shape index (κ1) is 9.30. The zero-order valence-corrected chi connectivity index (χ0v) is 7.44. The summed E-state index contributed by atoms with van der Waals surface area (Å²) in [6.45, 7) is 2.21. The van der Waals surface area contributed by atoms with E-state index in [1.165, 1.54) is 12.8 Å². The first-order chi connectivity index (χ1) is 4.88. The van der Waals surface area contributed by atoms with Crippen LogP contribution in [0.25, 0.3) is 0 Å². The lowest BCUT2D eigenvalue weighted by atomic mass is 9.89. The van der Waals surface area contributed by atoms with Gasteiger partial charge in [0.1, 0.15) is 0 Å². The van der Waals surface area contributed by atoms with E-state index in [9.17, 15) is 5.11 Å². The van der Waals surface area contributed by atoms with E-state index < -0.39 is 0 Å². The van der Waals surface area contributed by atoms with Crippen LogP contribution in [-0.2, 0) is 0 Å². The molecule has 1 saturated heterocycles. The van der Waals surface area contributed by atoms with Crippen molar-refractivity contribution >= 4 is 12.4 Å². The standard InChI is InChI=1S/C8H15NO.ClH/c10-8-2-1-6-3-4-9-5-7(6)8;/h6-10H,1-5H2;1H/t6-,7+,8-;/m1./s1. The number of hydrogen-bond donors (Lipinski definition) is 2. The van der Waals surface area contributed by atoms with Crippen molar-refractivity contribution in [2.45, 2.75) is 25.4 Å². The van der Waals surface area contributed by atoms with Crippen LogP contribution >= 0.6 is 12.4 Å². The largest absolute Gasteiger partial charge is 0.393 e. The average Bonchev–Trinajstić information content (AvgIpc) is 2.34. The van der Waals surface area contributed by atoms with Crippen LogP contribution in [0.3, 0.4) is 0 Å². The number of fused-ring (bicyclic) bond motifs is 1. The van der Waals surface area contributed by atoms with E-state index in [1.54, 1.807) is 0 Å². The number of aliphatic hydroxyl groups excluding tert-OH is 1.